The van der Waals surface area contributed by atoms with E-state index in [0.29, 0.717) is 22.2 Å². The maximum atomic E-state index is 12.1. The number of para-hydroxylation sites is 1. The van der Waals surface area contributed by atoms with Crippen LogP contribution >= 0.6 is 12.6 Å². The quantitative estimate of drug-likeness (QED) is 0.0524. The second kappa shape index (κ2) is 23.1. The lowest BCUT2D eigenvalue weighted by Gasteiger charge is -2.19. The molecule has 5 rings (SSSR count). The number of ether oxygens (including phenoxy) is 1. The zero-order valence-corrected chi connectivity index (χ0v) is 35.9. The molecule has 306 valence electrons. The first-order valence-electron chi connectivity index (χ1n) is 19.1. The van der Waals surface area contributed by atoms with Crippen LogP contribution < -0.4 is 25.6 Å². The Bertz CT molecular complexity index is 1940. The lowest BCUT2D eigenvalue weighted by atomic mass is 9.94. The standard InChI is InChI=1S/C15H25NO.C12H14N2O2S.C12H11NO2.C7H10O/c1-6-10(3)13-8-11(4)15(12(5)9-13)17-14(16)7-2;1-7-4-3-5-9(17)11(7)14-10(15)6-8(13-2)12(14)16;1-8-3-4-10(9(2)7-8)13-11(14)5-6-12(13)15;1-3-5-6-7(8)4-2/h8-10,14H,6-7,16H2,1-5H3;3-5,8,13,17H,6H2,1-2H3;3-7H,1-2H3;3-6,8H,1H2,2H3/b;;;6-5-,7-4+. The molecule has 0 spiro atoms. The van der Waals surface area contributed by atoms with Crippen molar-refractivity contribution in [3.63, 3.8) is 0 Å². The second-order valence-electron chi connectivity index (χ2n) is 13.9. The Balaban J connectivity index is 0.000000270. The summed E-state index contributed by atoms with van der Waals surface area (Å²) in [6.07, 6.45) is 11.0. The van der Waals surface area contributed by atoms with Gasteiger partial charge in [0.25, 0.3) is 17.7 Å². The maximum absolute atomic E-state index is 12.1. The summed E-state index contributed by atoms with van der Waals surface area (Å²) in [7, 11) is 1.68. The third-order valence-electron chi connectivity index (χ3n) is 9.37. The molecule has 0 aromatic heterocycles. The van der Waals surface area contributed by atoms with Gasteiger partial charge in [0.2, 0.25) is 5.91 Å². The van der Waals surface area contributed by atoms with Gasteiger partial charge in [-0.1, -0.05) is 81.5 Å². The molecule has 10 nitrogen and oxygen atoms in total. The fourth-order valence-corrected chi connectivity index (χ4v) is 6.27. The van der Waals surface area contributed by atoms with Gasteiger partial charge in [-0.25, -0.2) is 9.80 Å². The smallest absolute Gasteiger partial charge is 0.258 e. The molecule has 11 heteroatoms. The third kappa shape index (κ3) is 13.4. The lowest BCUT2D eigenvalue weighted by Crippen LogP contribution is -2.37. The Morgan fingerprint density at radius 3 is 2.04 bits per heavy atom. The summed E-state index contributed by atoms with van der Waals surface area (Å²) in [5, 5.41) is 11.6. The molecule has 4 N–H and O–H groups in total. The zero-order chi connectivity index (χ0) is 43.0. The first-order valence-corrected chi connectivity index (χ1v) is 19.5. The average Bonchev–Trinajstić information content (AvgIpc) is 3.66. The van der Waals surface area contributed by atoms with Crippen molar-refractivity contribution in [1.82, 2.24) is 5.32 Å². The van der Waals surface area contributed by atoms with Gasteiger partial charge in [-0.05, 0) is 119 Å². The largest absolute Gasteiger partial charge is 0.508 e. The number of aliphatic hydroxyl groups excluding tert-OH is 1. The van der Waals surface area contributed by atoms with E-state index >= 15 is 0 Å². The molecule has 4 amide bonds. The monoisotopic (exact) mass is 796 g/mol. The Labute approximate surface area is 344 Å². The highest BCUT2D eigenvalue weighted by Gasteiger charge is 2.39. The summed E-state index contributed by atoms with van der Waals surface area (Å²) in [5.41, 5.74) is 13.8. The Morgan fingerprint density at radius 2 is 1.56 bits per heavy atom. The number of rotatable bonds is 10. The number of aryl methyl sites for hydroxylation is 5. The van der Waals surface area contributed by atoms with E-state index in [-0.39, 0.29) is 42.0 Å². The van der Waals surface area contributed by atoms with E-state index in [2.05, 4.69) is 64.4 Å². The van der Waals surface area contributed by atoms with E-state index in [9.17, 15) is 19.2 Å². The van der Waals surface area contributed by atoms with Crippen molar-refractivity contribution in [3.8, 4) is 5.75 Å². The topological polar surface area (TPSA) is 142 Å². The number of thiol groups is 1. The van der Waals surface area contributed by atoms with Crippen LogP contribution in [0.5, 0.6) is 5.75 Å². The number of allylic oxidation sites excluding steroid dienone is 4. The van der Waals surface area contributed by atoms with Gasteiger partial charge in [0.15, 0.2) is 0 Å². The Morgan fingerprint density at radius 1 is 0.947 bits per heavy atom. The van der Waals surface area contributed by atoms with Crippen molar-refractivity contribution in [3.05, 3.63) is 131 Å². The lowest BCUT2D eigenvalue weighted by molar-refractivity contribution is -0.122. The molecule has 57 heavy (non-hydrogen) atoms. The van der Waals surface area contributed by atoms with Crippen molar-refractivity contribution < 1.29 is 29.0 Å². The van der Waals surface area contributed by atoms with Gasteiger partial charge in [-0.3, -0.25) is 24.9 Å². The van der Waals surface area contributed by atoms with E-state index in [1.807, 2.05) is 52.0 Å². The Hall–Kier alpha value is -5.23. The average molecular weight is 797 g/mol. The van der Waals surface area contributed by atoms with Gasteiger partial charge >= 0.3 is 0 Å². The minimum Gasteiger partial charge on any atom is -0.508 e. The van der Waals surface area contributed by atoms with Gasteiger partial charge in [-0.15, -0.1) is 12.6 Å². The van der Waals surface area contributed by atoms with Crippen LogP contribution in [0, 0.1) is 34.6 Å². The van der Waals surface area contributed by atoms with Gasteiger partial charge in [0.1, 0.15) is 17.7 Å². The minimum atomic E-state index is -0.421. The number of nitrogens with two attached hydrogens (primary N) is 1. The summed E-state index contributed by atoms with van der Waals surface area (Å²) in [6, 6.07) is 15.2. The van der Waals surface area contributed by atoms with Crippen molar-refractivity contribution in [2.75, 3.05) is 16.8 Å². The van der Waals surface area contributed by atoms with Gasteiger partial charge in [0, 0.05) is 17.0 Å². The van der Waals surface area contributed by atoms with E-state index < -0.39 is 6.04 Å². The molecule has 2 aliphatic rings. The molecule has 3 aromatic carbocycles. The van der Waals surface area contributed by atoms with Crippen LogP contribution in [-0.4, -0.2) is 48.1 Å². The van der Waals surface area contributed by atoms with Crippen LogP contribution in [0.3, 0.4) is 0 Å². The van der Waals surface area contributed by atoms with Crippen LogP contribution in [0.2, 0.25) is 0 Å². The molecule has 2 aliphatic heterocycles. The summed E-state index contributed by atoms with van der Waals surface area (Å²) in [5.74, 6) is 0.887. The molecular weight excluding hydrogens is 737 g/mol. The molecule has 0 aliphatic carbocycles. The molecule has 0 bridgehead atoms. The first-order chi connectivity index (χ1) is 26.9. The highest BCUT2D eigenvalue weighted by molar-refractivity contribution is 7.80. The number of hydrogen-bond acceptors (Lipinski definition) is 9. The number of likely N-dealkylation sites (N-methyl/N-ethyl adjacent to an activating group) is 1. The van der Waals surface area contributed by atoms with Gasteiger partial charge < -0.3 is 15.2 Å². The van der Waals surface area contributed by atoms with Crippen LogP contribution in [0.4, 0.5) is 11.4 Å². The number of amides is 4. The number of nitrogens with one attached hydrogen (secondary N) is 1. The molecule has 0 saturated carbocycles. The van der Waals surface area contributed by atoms with Gasteiger partial charge in [-0.2, -0.15) is 0 Å². The molecular formula is C46H60N4O6S. The van der Waals surface area contributed by atoms with E-state index in [4.69, 9.17) is 15.6 Å². The predicted octanol–water partition coefficient (Wildman–Crippen LogP) is 8.95. The zero-order valence-electron chi connectivity index (χ0n) is 35.1. The van der Waals surface area contributed by atoms with Crippen molar-refractivity contribution in [1.29, 1.82) is 0 Å². The summed E-state index contributed by atoms with van der Waals surface area (Å²) in [6.45, 7) is 21.6. The molecule has 3 atom stereocenters. The third-order valence-corrected chi connectivity index (χ3v) is 9.73. The highest BCUT2D eigenvalue weighted by Crippen LogP contribution is 2.32. The van der Waals surface area contributed by atoms with E-state index in [0.717, 1.165) is 35.3 Å². The maximum Gasteiger partial charge on any atom is 0.258 e. The number of nitrogens with zero attached hydrogens (tertiary/aromatic N) is 2. The molecule has 0 radical (unpaired) electrons. The Kier molecular flexibility index (Phi) is 19.4. The van der Waals surface area contributed by atoms with Crippen molar-refractivity contribution in [2.45, 2.75) is 105 Å². The molecule has 3 unspecified atom stereocenters. The van der Waals surface area contributed by atoms with Crippen LogP contribution in [0.25, 0.3) is 0 Å². The number of anilines is 2. The number of benzene rings is 3. The number of imide groups is 2. The van der Waals surface area contributed by atoms with E-state index in [1.165, 1.54) is 38.6 Å². The SMILES string of the molecule is C=C/C=C\C(O)=C/C.CCC(N)Oc1c(C)cc(C(C)CC)cc1C.CNC1CC(=O)N(c2c(C)cccc2S)C1=O.Cc1ccc(N2C(=O)C=CC2=O)c(C)c1. The van der Waals surface area contributed by atoms with Crippen LogP contribution in [0.15, 0.2) is 102 Å². The summed E-state index contributed by atoms with van der Waals surface area (Å²) in [4.78, 5) is 49.9. The van der Waals surface area contributed by atoms with E-state index in [1.54, 1.807) is 50.4 Å². The van der Waals surface area contributed by atoms with Crippen molar-refractivity contribution >= 4 is 47.6 Å². The van der Waals surface area contributed by atoms with Crippen molar-refractivity contribution in [2.24, 2.45) is 5.73 Å². The highest BCUT2D eigenvalue weighted by atomic mass is 32.1. The number of carbonyl (C=O) groups excluding carboxylic acids is 4. The first kappa shape index (κ1) is 47.9. The fourth-order valence-electron chi connectivity index (χ4n) is 5.91. The molecule has 1 saturated heterocycles. The van der Waals surface area contributed by atoms with Gasteiger partial charge in [0.05, 0.1) is 23.8 Å². The molecule has 2 heterocycles. The van der Waals surface area contributed by atoms with Crippen LogP contribution in [-0.2, 0) is 19.2 Å². The summed E-state index contributed by atoms with van der Waals surface area (Å²) >= 11 is 4.32. The number of hydrogen-bond donors (Lipinski definition) is 4. The predicted molar refractivity (Wildman–Crippen MR) is 235 cm³/mol. The minimum absolute atomic E-state index is 0.182. The number of aliphatic hydroxyl groups is 1. The molecule has 1 fully saturated rings. The normalized spacial score (nSPS) is 16.1. The number of carbonyl (C=O) groups is 4. The summed E-state index contributed by atoms with van der Waals surface area (Å²) < 4.78 is 5.77. The second-order valence-corrected chi connectivity index (χ2v) is 14.3. The molecule has 3 aromatic rings. The van der Waals surface area contributed by atoms with Crippen LogP contribution in [0.1, 0.15) is 86.3 Å². The fraction of sp³-hybridized carbons (Fsp3) is 0.348.